The largest absolute Gasteiger partial charge is 0.321 e. The number of nitrogens with one attached hydrogen (secondary N) is 2. The third-order valence-corrected chi connectivity index (χ3v) is 6.50. The molecule has 0 aliphatic heterocycles. The molecule has 0 aliphatic rings. The molecule has 0 unspecified atom stereocenters. The van der Waals surface area contributed by atoms with Gasteiger partial charge in [0.25, 0.3) is 10.0 Å². The van der Waals surface area contributed by atoms with Crippen LogP contribution in [0.3, 0.4) is 0 Å². The lowest BCUT2D eigenvalue weighted by Gasteiger charge is -2.12. The highest BCUT2D eigenvalue weighted by Crippen LogP contribution is 2.25. The second-order valence-electron chi connectivity index (χ2n) is 7.15. The molecule has 9 heteroatoms. The first-order chi connectivity index (χ1) is 15.3. The summed E-state index contributed by atoms with van der Waals surface area (Å²) < 4.78 is 29.5. The van der Waals surface area contributed by atoms with Gasteiger partial charge >= 0.3 is 0 Å². The summed E-state index contributed by atoms with van der Waals surface area (Å²) in [4.78, 5) is 12.7. The number of nitrogens with zero attached hydrogens (tertiary/aromatic N) is 2. The minimum Gasteiger partial charge on any atom is -0.321 e. The van der Waals surface area contributed by atoms with Gasteiger partial charge in [-0.2, -0.15) is 5.10 Å². The fourth-order valence-corrected chi connectivity index (χ4v) is 4.45. The van der Waals surface area contributed by atoms with Crippen LogP contribution in [0.15, 0.2) is 65.6 Å². The van der Waals surface area contributed by atoms with Crippen LogP contribution in [0.2, 0.25) is 5.15 Å². The molecular formula is C23H25ClN4O3S. The minimum absolute atomic E-state index is 0.131. The summed E-state index contributed by atoms with van der Waals surface area (Å²) in [5, 5.41) is 7.61. The van der Waals surface area contributed by atoms with Crippen LogP contribution < -0.4 is 10.0 Å². The molecular weight excluding hydrogens is 448 g/mol. The Balaban J connectivity index is 1.75. The van der Waals surface area contributed by atoms with Gasteiger partial charge in [-0.1, -0.05) is 55.3 Å². The van der Waals surface area contributed by atoms with E-state index in [1.807, 2.05) is 6.92 Å². The number of anilines is 2. The van der Waals surface area contributed by atoms with E-state index in [0.29, 0.717) is 22.9 Å². The maximum atomic E-state index is 12.6. The Morgan fingerprint density at radius 2 is 1.75 bits per heavy atom. The lowest BCUT2D eigenvalue weighted by atomic mass is 10.2. The number of para-hydroxylation sites is 2. The van der Waals surface area contributed by atoms with E-state index in [4.69, 9.17) is 11.6 Å². The molecule has 0 fully saturated rings. The number of halogens is 1. The molecule has 168 valence electrons. The number of rotatable bonds is 9. The van der Waals surface area contributed by atoms with Crippen LogP contribution in [0, 0.1) is 6.92 Å². The lowest BCUT2D eigenvalue weighted by molar-refractivity contribution is -0.111. The van der Waals surface area contributed by atoms with Crippen molar-refractivity contribution in [1.29, 1.82) is 0 Å². The van der Waals surface area contributed by atoms with Gasteiger partial charge < -0.3 is 5.32 Å². The molecule has 0 saturated heterocycles. The first kappa shape index (κ1) is 23.6. The number of hydrogen-bond donors (Lipinski definition) is 2. The molecule has 3 rings (SSSR count). The van der Waals surface area contributed by atoms with Crippen molar-refractivity contribution in [1.82, 2.24) is 9.78 Å². The molecule has 0 radical (unpaired) electrons. The van der Waals surface area contributed by atoms with Crippen LogP contribution in [0.5, 0.6) is 0 Å². The van der Waals surface area contributed by atoms with Gasteiger partial charge in [0.1, 0.15) is 5.15 Å². The molecule has 0 bridgehead atoms. The molecule has 3 aromatic rings. The van der Waals surface area contributed by atoms with Gasteiger partial charge in [0.2, 0.25) is 5.91 Å². The van der Waals surface area contributed by atoms with Crippen LogP contribution in [0.1, 0.15) is 31.0 Å². The average molecular weight is 473 g/mol. The van der Waals surface area contributed by atoms with Gasteiger partial charge in [0.05, 0.1) is 22.0 Å². The van der Waals surface area contributed by atoms with Crippen molar-refractivity contribution in [2.24, 2.45) is 0 Å². The summed E-state index contributed by atoms with van der Waals surface area (Å²) in [5.41, 5.74) is 2.00. The predicted octanol–water partition coefficient (Wildman–Crippen LogP) is 5.10. The van der Waals surface area contributed by atoms with Gasteiger partial charge in [-0.25, -0.2) is 8.42 Å². The Kier molecular flexibility index (Phi) is 7.71. The number of amides is 1. The highest BCUT2D eigenvalue weighted by atomic mass is 35.5. The number of sulfonamides is 1. The lowest BCUT2D eigenvalue weighted by Crippen LogP contribution is -2.16. The zero-order valence-electron chi connectivity index (χ0n) is 17.9. The van der Waals surface area contributed by atoms with E-state index in [2.05, 4.69) is 22.1 Å². The molecule has 0 saturated carbocycles. The Bertz CT molecular complexity index is 1220. The number of benzene rings is 2. The van der Waals surface area contributed by atoms with Gasteiger partial charge in [0, 0.05) is 18.2 Å². The summed E-state index contributed by atoms with van der Waals surface area (Å²) in [6.07, 6.45) is 4.94. The number of aryl methyl sites for hydroxylation is 2. The predicted molar refractivity (Wildman–Crippen MR) is 128 cm³/mol. The van der Waals surface area contributed by atoms with E-state index < -0.39 is 15.9 Å². The number of aromatic nitrogens is 2. The topological polar surface area (TPSA) is 93.1 Å². The normalized spacial score (nSPS) is 11.6. The first-order valence-electron chi connectivity index (χ1n) is 10.2. The fourth-order valence-electron chi connectivity index (χ4n) is 3.03. The van der Waals surface area contributed by atoms with Crippen LogP contribution in [0.4, 0.5) is 11.4 Å². The molecule has 2 N–H and O–H groups in total. The molecule has 0 atom stereocenters. The zero-order valence-corrected chi connectivity index (χ0v) is 19.4. The van der Waals surface area contributed by atoms with Gasteiger partial charge in [0.15, 0.2) is 0 Å². The Labute approximate surface area is 193 Å². The van der Waals surface area contributed by atoms with Gasteiger partial charge in [-0.3, -0.25) is 14.2 Å². The maximum Gasteiger partial charge on any atom is 0.261 e. The molecule has 7 nitrogen and oxygen atoms in total. The number of unbranched alkanes of at least 4 members (excludes halogenated alkanes) is 1. The van der Waals surface area contributed by atoms with Crippen LogP contribution >= 0.6 is 11.6 Å². The van der Waals surface area contributed by atoms with Crippen molar-refractivity contribution in [3.8, 4) is 0 Å². The minimum atomic E-state index is -3.79. The van der Waals surface area contributed by atoms with Gasteiger partial charge in [-0.15, -0.1) is 0 Å². The number of hydrogen-bond acceptors (Lipinski definition) is 4. The third-order valence-electron chi connectivity index (χ3n) is 4.72. The number of carbonyl (C=O) groups excluding carboxylic acids is 1. The summed E-state index contributed by atoms with van der Waals surface area (Å²) in [5.74, 6) is -0.423. The third kappa shape index (κ3) is 5.77. The summed E-state index contributed by atoms with van der Waals surface area (Å²) in [6.45, 7) is 4.64. The number of carbonyl (C=O) groups is 1. The smallest absolute Gasteiger partial charge is 0.261 e. The Morgan fingerprint density at radius 3 is 2.44 bits per heavy atom. The standard InChI is InChI=1S/C23H25ClN4O3S/c1-3-4-16-28-23(24)19(17(2)26-28)14-15-22(29)25-20-12-8-9-13-21(20)27-32(30,31)18-10-6-5-7-11-18/h5-15,27H,3-4,16H2,1-2H3,(H,25,29)/b15-14+. The van der Waals surface area contributed by atoms with Crippen LogP contribution in [0.25, 0.3) is 6.08 Å². The molecule has 32 heavy (non-hydrogen) atoms. The zero-order chi connectivity index (χ0) is 23.1. The molecule has 1 amide bonds. The van der Waals surface area contributed by atoms with E-state index in [1.54, 1.807) is 53.2 Å². The van der Waals surface area contributed by atoms with Crippen LogP contribution in [-0.4, -0.2) is 24.1 Å². The molecule has 1 aromatic heterocycles. The van der Waals surface area contributed by atoms with E-state index in [0.717, 1.165) is 18.5 Å². The highest BCUT2D eigenvalue weighted by molar-refractivity contribution is 7.92. The molecule has 0 aliphatic carbocycles. The van der Waals surface area contributed by atoms with Crippen molar-refractivity contribution in [2.75, 3.05) is 10.0 Å². The summed E-state index contributed by atoms with van der Waals surface area (Å²) >= 11 is 6.41. The van der Waals surface area contributed by atoms with Crippen molar-refractivity contribution in [3.05, 3.63) is 77.1 Å². The molecule has 2 aromatic carbocycles. The van der Waals surface area contributed by atoms with E-state index in [9.17, 15) is 13.2 Å². The second kappa shape index (κ2) is 10.5. The van der Waals surface area contributed by atoms with E-state index in [1.165, 1.54) is 18.2 Å². The van der Waals surface area contributed by atoms with E-state index in [-0.39, 0.29) is 10.6 Å². The van der Waals surface area contributed by atoms with E-state index >= 15 is 0 Å². The second-order valence-corrected chi connectivity index (χ2v) is 9.19. The Morgan fingerprint density at radius 1 is 1.09 bits per heavy atom. The SMILES string of the molecule is CCCCn1nc(C)c(/C=C/C(=O)Nc2ccccc2NS(=O)(=O)c2ccccc2)c1Cl. The average Bonchev–Trinajstić information content (AvgIpc) is 3.05. The maximum absolute atomic E-state index is 12.6. The van der Waals surface area contributed by atoms with Crippen molar-refractivity contribution >= 4 is 45.0 Å². The van der Waals surface area contributed by atoms with Crippen molar-refractivity contribution in [3.63, 3.8) is 0 Å². The quantitative estimate of drug-likeness (QED) is 0.424. The van der Waals surface area contributed by atoms with Crippen molar-refractivity contribution < 1.29 is 13.2 Å². The monoisotopic (exact) mass is 472 g/mol. The Hall–Kier alpha value is -3.10. The molecule has 1 heterocycles. The highest BCUT2D eigenvalue weighted by Gasteiger charge is 2.16. The molecule has 0 spiro atoms. The fraction of sp³-hybridized carbons (Fsp3) is 0.217. The summed E-state index contributed by atoms with van der Waals surface area (Å²) in [6, 6.07) is 14.6. The summed E-state index contributed by atoms with van der Waals surface area (Å²) in [7, 11) is -3.79. The van der Waals surface area contributed by atoms with Crippen molar-refractivity contribution in [2.45, 2.75) is 38.1 Å². The van der Waals surface area contributed by atoms with Gasteiger partial charge in [-0.05, 0) is 43.7 Å². The first-order valence-corrected chi connectivity index (χ1v) is 12.1. The van der Waals surface area contributed by atoms with Crippen LogP contribution in [-0.2, 0) is 21.4 Å².